The fourth-order valence-corrected chi connectivity index (χ4v) is 4.80. The lowest BCUT2D eigenvalue weighted by Gasteiger charge is -2.49. The summed E-state index contributed by atoms with van der Waals surface area (Å²) in [6.45, 7) is 3.60. The minimum Gasteiger partial charge on any atom is -0.391 e. The van der Waals surface area contributed by atoms with Gasteiger partial charge in [0.25, 0.3) is 0 Å². The molecule has 0 saturated carbocycles. The van der Waals surface area contributed by atoms with Crippen LogP contribution in [-0.4, -0.2) is 47.4 Å². The molecule has 1 N–H and O–H groups in total. The lowest BCUT2D eigenvalue weighted by Crippen LogP contribution is -2.54. The van der Waals surface area contributed by atoms with Crippen molar-refractivity contribution in [3.8, 4) is 0 Å². The predicted octanol–water partition coefficient (Wildman–Crippen LogP) is 3.05. The summed E-state index contributed by atoms with van der Waals surface area (Å²) >= 11 is 7.64. The van der Waals surface area contributed by atoms with E-state index in [1.165, 1.54) is 0 Å². The summed E-state index contributed by atoms with van der Waals surface area (Å²) in [5.74, 6) is 0.903. The highest BCUT2D eigenvalue weighted by molar-refractivity contribution is 7.13. The number of nitrogens with zero attached hydrogens (tertiary/aromatic N) is 4. The van der Waals surface area contributed by atoms with Gasteiger partial charge in [-0.05, 0) is 36.8 Å². The Balaban J connectivity index is 1.48. The van der Waals surface area contributed by atoms with Crippen molar-refractivity contribution >= 4 is 33.9 Å². The van der Waals surface area contributed by atoms with Crippen molar-refractivity contribution < 1.29 is 5.11 Å². The molecule has 128 valence electrons. The van der Waals surface area contributed by atoms with Gasteiger partial charge in [0.1, 0.15) is 5.82 Å². The second-order valence-corrected chi connectivity index (χ2v) is 8.18. The van der Waals surface area contributed by atoms with Gasteiger partial charge in [-0.1, -0.05) is 11.6 Å². The van der Waals surface area contributed by atoms with E-state index in [9.17, 15) is 5.11 Å². The Hall–Kier alpha value is -1.37. The molecule has 0 radical (unpaired) electrons. The lowest BCUT2D eigenvalue weighted by atomic mass is 9.71. The quantitative estimate of drug-likeness (QED) is 0.887. The van der Waals surface area contributed by atoms with E-state index in [4.69, 9.17) is 11.6 Å². The number of β-amino-alcohol motifs (C(OH)–C–C–N with tert-alkyl or cyclic N) is 1. The average Bonchev–Trinajstić information content (AvgIpc) is 3.10. The Bertz CT molecular complexity index is 670. The minimum absolute atomic E-state index is 0.159. The molecule has 5 nitrogen and oxygen atoms in total. The smallest absolute Gasteiger partial charge is 0.185 e. The number of pyridine rings is 1. The molecule has 1 unspecified atom stereocenters. The van der Waals surface area contributed by atoms with Gasteiger partial charge in [-0.2, -0.15) is 0 Å². The maximum Gasteiger partial charge on any atom is 0.185 e. The first-order chi connectivity index (χ1) is 11.6. The number of aromatic nitrogens is 2. The van der Waals surface area contributed by atoms with Gasteiger partial charge in [-0.15, -0.1) is 11.3 Å². The standard InChI is InChI=1S/C17H21ClN4OS/c18-13-1-2-15(20-10-13)22-11-14(23)9-17(12-22)3-6-21(7-4-17)16-19-5-8-24-16/h1-2,5,8,10,14,23H,3-4,6-7,9,11-12H2. The van der Waals surface area contributed by atoms with Gasteiger partial charge in [-0.3, -0.25) is 0 Å². The van der Waals surface area contributed by atoms with Crippen LogP contribution >= 0.6 is 22.9 Å². The summed E-state index contributed by atoms with van der Waals surface area (Å²) in [6.07, 6.45) is 6.27. The number of piperidine rings is 2. The maximum atomic E-state index is 10.4. The van der Waals surface area contributed by atoms with Gasteiger partial charge in [-0.25, -0.2) is 9.97 Å². The molecule has 1 atom stereocenters. The lowest BCUT2D eigenvalue weighted by molar-refractivity contribution is 0.0595. The van der Waals surface area contributed by atoms with E-state index in [0.29, 0.717) is 11.6 Å². The van der Waals surface area contributed by atoms with Crippen LogP contribution in [0.5, 0.6) is 0 Å². The number of aliphatic hydroxyl groups excluding tert-OH is 1. The first kappa shape index (κ1) is 16.1. The van der Waals surface area contributed by atoms with E-state index < -0.39 is 0 Å². The Kier molecular flexibility index (Phi) is 4.37. The number of hydrogen-bond donors (Lipinski definition) is 1. The fourth-order valence-electron chi connectivity index (χ4n) is 3.99. The van der Waals surface area contributed by atoms with Crippen molar-refractivity contribution in [2.24, 2.45) is 5.41 Å². The van der Waals surface area contributed by atoms with Crippen molar-refractivity contribution in [2.45, 2.75) is 25.4 Å². The zero-order valence-electron chi connectivity index (χ0n) is 13.4. The van der Waals surface area contributed by atoms with Crippen molar-refractivity contribution in [1.82, 2.24) is 9.97 Å². The number of aliphatic hydroxyl groups is 1. The maximum absolute atomic E-state index is 10.4. The van der Waals surface area contributed by atoms with Gasteiger partial charge in [0.05, 0.1) is 11.1 Å². The number of rotatable bonds is 2. The average molecular weight is 365 g/mol. The Morgan fingerprint density at radius 3 is 2.71 bits per heavy atom. The molecule has 2 aromatic heterocycles. The van der Waals surface area contributed by atoms with Crippen molar-refractivity contribution in [3.05, 3.63) is 34.9 Å². The van der Waals surface area contributed by atoms with Crippen LogP contribution in [0.25, 0.3) is 0 Å². The highest BCUT2D eigenvalue weighted by atomic mass is 35.5. The molecule has 7 heteroatoms. The molecule has 0 aromatic carbocycles. The summed E-state index contributed by atoms with van der Waals surface area (Å²) < 4.78 is 0. The van der Waals surface area contributed by atoms with Crippen LogP contribution in [0, 0.1) is 5.41 Å². The topological polar surface area (TPSA) is 52.5 Å². The molecular formula is C17H21ClN4OS. The monoisotopic (exact) mass is 364 g/mol. The highest BCUT2D eigenvalue weighted by Gasteiger charge is 2.42. The van der Waals surface area contributed by atoms with Crippen LogP contribution in [0.1, 0.15) is 19.3 Å². The third-order valence-corrected chi connectivity index (χ3v) is 6.23. The van der Waals surface area contributed by atoms with Crippen LogP contribution in [-0.2, 0) is 0 Å². The second-order valence-electron chi connectivity index (χ2n) is 6.87. The first-order valence-electron chi connectivity index (χ1n) is 8.33. The van der Waals surface area contributed by atoms with Gasteiger partial charge >= 0.3 is 0 Å². The molecule has 0 amide bonds. The third kappa shape index (κ3) is 3.23. The third-order valence-electron chi connectivity index (χ3n) is 5.18. The van der Waals surface area contributed by atoms with E-state index >= 15 is 0 Å². The van der Waals surface area contributed by atoms with Crippen molar-refractivity contribution in [2.75, 3.05) is 36.0 Å². The second kappa shape index (κ2) is 6.50. The largest absolute Gasteiger partial charge is 0.391 e. The first-order valence-corrected chi connectivity index (χ1v) is 9.58. The fraction of sp³-hybridized carbons (Fsp3) is 0.529. The summed E-state index contributed by atoms with van der Waals surface area (Å²) in [5, 5.41) is 14.2. The Labute approximate surface area is 150 Å². The number of thiazole rings is 1. The van der Waals surface area contributed by atoms with E-state index in [1.807, 2.05) is 23.7 Å². The molecule has 2 aromatic rings. The van der Waals surface area contributed by atoms with Crippen LogP contribution in [0.3, 0.4) is 0 Å². The normalized spacial score (nSPS) is 23.7. The van der Waals surface area contributed by atoms with Crippen LogP contribution in [0.15, 0.2) is 29.9 Å². The van der Waals surface area contributed by atoms with Crippen LogP contribution < -0.4 is 9.80 Å². The van der Waals surface area contributed by atoms with Crippen LogP contribution in [0.4, 0.5) is 10.9 Å². The van der Waals surface area contributed by atoms with Gasteiger partial charge in [0, 0.05) is 44.0 Å². The van der Waals surface area contributed by atoms with Crippen LogP contribution in [0.2, 0.25) is 5.02 Å². The van der Waals surface area contributed by atoms with E-state index in [1.54, 1.807) is 17.5 Å². The molecule has 24 heavy (non-hydrogen) atoms. The van der Waals surface area contributed by atoms with Crippen molar-refractivity contribution in [1.29, 1.82) is 0 Å². The molecule has 0 bridgehead atoms. The molecular weight excluding hydrogens is 344 g/mol. The van der Waals surface area contributed by atoms with E-state index in [2.05, 4.69) is 19.8 Å². The molecule has 2 aliphatic rings. The van der Waals surface area contributed by atoms with E-state index in [0.717, 1.165) is 49.8 Å². The summed E-state index contributed by atoms with van der Waals surface area (Å²) in [7, 11) is 0. The molecule has 2 saturated heterocycles. The number of anilines is 2. The van der Waals surface area contributed by atoms with Gasteiger partial charge in [0.2, 0.25) is 0 Å². The molecule has 4 rings (SSSR count). The zero-order valence-corrected chi connectivity index (χ0v) is 15.0. The molecule has 2 fully saturated rings. The summed E-state index contributed by atoms with van der Waals surface area (Å²) in [5.41, 5.74) is 0.159. The number of halogens is 1. The SMILES string of the molecule is OC1CN(c2ccc(Cl)cn2)CC2(CCN(c3nccs3)CC2)C1. The highest BCUT2D eigenvalue weighted by Crippen LogP contribution is 2.42. The summed E-state index contributed by atoms with van der Waals surface area (Å²) in [4.78, 5) is 13.4. The van der Waals surface area contributed by atoms with Gasteiger partial charge in [0.15, 0.2) is 5.13 Å². The Morgan fingerprint density at radius 2 is 2.04 bits per heavy atom. The molecule has 4 heterocycles. The van der Waals surface area contributed by atoms with Crippen molar-refractivity contribution in [3.63, 3.8) is 0 Å². The molecule has 0 aliphatic carbocycles. The Morgan fingerprint density at radius 1 is 1.21 bits per heavy atom. The molecule has 1 spiro atoms. The predicted molar refractivity (Wildman–Crippen MR) is 98.1 cm³/mol. The molecule has 2 aliphatic heterocycles. The van der Waals surface area contributed by atoms with E-state index in [-0.39, 0.29) is 11.5 Å². The zero-order chi connectivity index (χ0) is 16.6. The summed E-state index contributed by atoms with van der Waals surface area (Å²) in [6, 6.07) is 3.81. The minimum atomic E-state index is -0.303. The number of hydrogen-bond acceptors (Lipinski definition) is 6. The van der Waals surface area contributed by atoms with Gasteiger partial charge < -0.3 is 14.9 Å².